The number of rotatable bonds is 6. The molecule has 10 heteroatoms. The molecule has 9 nitrogen and oxygen atoms in total. The highest BCUT2D eigenvalue weighted by Crippen LogP contribution is 2.39. The number of carbonyl (C=O) groups is 2. The molecule has 2 amide bonds. The van der Waals surface area contributed by atoms with Crippen LogP contribution in [0.15, 0.2) is 18.2 Å². The lowest BCUT2D eigenvalue weighted by Gasteiger charge is -2.17. The highest BCUT2D eigenvalue weighted by Gasteiger charge is 2.30. The number of hydrogen-bond acceptors (Lipinski definition) is 5. The number of anilines is 1. The Kier molecular flexibility index (Phi) is 4.84. The van der Waals surface area contributed by atoms with Crippen LogP contribution >= 0.6 is 11.6 Å². The van der Waals surface area contributed by atoms with Crippen LogP contribution in [0.1, 0.15) is 31.0 Å². The first-order chi connectivity index (χ1) is 12.0. The van der Waals surface area contributed by atoms with Crippen LogP contribution in [0.4, 0.5) is 10.5 Å². The first-order valence-corrected chi connectivity index (χ1v) is 8.15. The third-order valence-electron chi connectivity index (χ3n) is 3.87. The van der Waals surface area contributed by atoms with Gasteiger partial charge in [0, 0.05) is 25.2 Å². The number of urea groups is 1. The second-order valence-corrected chi connectivity index (χ2v) is 6.29. The fourth-order valence-corrected chi connectivity index (χ4v) is 2.50. The van der Waals surface area contributed by atoms with Crippen molar-refractivity contribution in [2.24, 2.45) is 0 Å². The second-order valence-electron chi connectivity index (χ2n) is 5.88. The summed E-state index contributed by atoms with van der Waals surface area (Å²) in [6.45, 7) is 0.112. The van der Waals surface area contributed by atoms with Crippen LogP contribution in [-0.2, 0) is 4.79 Å². The lowest BCUT2D eigenvalue weighted by Crippen LogP contribution is -2.33. The predicted molar refractivity (Wildman–Crippen MR) is 90.0 cm³/mol. The van der Waals surface area contributed by atoms with Gasteiger partial charge in [-0.15, -0.1) is 5.10 Å². The van der Waals surface area contributed by atoms with Gasteiger partial charge in [0.15, 0.2) is 5.82 Å². The third kappa shape index (κ3) is 4.05. The SMILES string of the molecule is CN(CCC(=O)O)C(=O)Nc1ccc(Cl)c(-n2nnnc2C2CC2)c1. The van der Waals surface area contributed by atoms with Crippen LogP contribution in [0, 0.1) is 0 Å². The van der Waals surface area contributed by atoms with Crippen molar-refractivity contribution in [1.29, 1.82) is 0 Å². The molecule has 1 aromatic carbocycles. The number of nitrogens with zero attached hydrogens (tertiary/aromatic N) is 5. The molecular weight excluding hydrogens is 348 g/mol. The average Bonchev–Trinajstić information content (AvgIpc) is 3.31. The Morgan fingerprint density at radius 3 is 2.88 bits per heavy atom. The molecule has 0 unspecified atom stereocenters. The number of tetrazole rings is 1. The van der Waals surface area contributed by atoms with Gasteiger partial charge in [0.25, 0.3) is 0 Å². The molecule has 3 rings (SSSR count). The molecule has 1 aliphatic carbocycles. The van der Waals surface area contributed by atoms with E-state index in [1.54, 1.807) is 22.9 Å². The highest BCUT2D eigenvalue weighted by atomic mass is 35.5. The molecule has 1 heterocycles. The number of benzene rings is 1. The summed E-state index contributed by atoms with van der Waals surface area (Å²) in [7, 11) is 1.53. The van der Waals surface area contributed by atoms with Gasteiger partial charge in [-0.05, 0) is 41.5 Å². The number of carboxylic acid groups (broad SMARTS) is 1. The Bertz CT molecular complexity index is 804. The molecule has 0 saturated heterocycles. The highest BCUT2D eigenvalue weighted by molar-refractivity contribution is 6.32. The van der Waals surface area contributed by atoms with Crippen molar-refractivity contribution in [2.45, 2.75) is 25.2 Å². The molecule has 1 saturated carbocycles. The lowest BCUT2D eigenvalue weighted by atomic mass is 10.2. The van der Waals surface area contributed by atoms with Gasteiger partial charge in [-0.1, -0.05) is 11.6 Å². The number of halogens is 1. The van der Waals surface area contributed by atoms with E-state index < -0.39 is 12.0 Å². The van der Waals surface area contributed by atoms with Crippen molar-refractivity contribution in [1.82, 2.24) is 25.1 Å². The van der Waals surface area contributed by atoms with Gasteiger partial charge in [0.05, 0.1) is 17.1 Å². The molecule has 0 bridgehead atoms. The number of aliphatic carboxylic acids is 1. The number of amides is 2. The zero-order valence-electron chi connectivity index (χ0n) is 13.5. The third-order valence-corrected chi connectivity index (χ3v) is 4.19. The molecule has 25 heavy (non-hydrogen) atoms. The predicted octanol–water partition coefficient (Wildman–Crippen LogP) is 2.13. The number of carbonyl (C=O) groups excluding carboxylic acids is 1. The van der Waals surface area contributed by atoms with Crippen molar-refractivity contribution >= 4 is 29.3 Å². The van der Waals surface area contributed by atoms with E-state index in [-0.39, 0.29) is 13.0 Å². The van der Waals surface area contributed by atoms with Crippen molar-refractivity contribution in [2.75, 3.05) is 18.9 Å². The van der Waals surface area contributed by atoms with Crippen LogP contribution in [0.3, 0.4) is 0 Å². The Morgan fingerprint density at radius 1 is 1.44 bits per heavy atom. The van der Waals surface area contributed by atoms with Crippen LogP contribution in [0.25, 0.3) is 5.69 Å². The first-order valence-electron chi connectivity index (χ1n) is 7.78. The van der Waals surface area contributed by atoms with Crippen LogP contribution in [0.2, 0.25) is 5.02 Å². The van der Waals surface area contributed by atoms with Gasteiger partial charge >= 0.3 is 12.0 Å². The summed E-state index contributed by atoms with van der Waals surface area (Å²) in [5, 5.41) is 23.6. The minimum absolute atomic E-state index is 0.112. The minimum Gasteiger partial charge on any atom is -0.481 e. The molecular formula is C15H17ClN6O3. The quantitative estimate of drug-likeness (QED) is 0.811. The first kappa shape index (κ1) is 17.2. The van der Waals surface area contributed by atoms with E-state index in [0.29, 0.717) is 22.3 Å². The van der Waals surface area contributed by atoms with Crippen molar-refractivity contribution in [3.8, 4) is 5.69 Å². The Morgan fingerprint density at radius 2 is 2.20 bits per heavy atom. The minimum atomic E-state index is -0.959. The Labute approximate surface area is 148 Å². The van der Waals surface area contributed by atoms with Gasteiger partial charge in [0.2, 0.25) is 0 Å². The Hall–Kier alpha value is -2.68. The van der Waals surface area contributed by atoms with Crippen LogP contribution in [-0.4, -0.2) is 55.8 Å². The maximum atomic E-state index is 12.1. The summed E-state index contributed by atoms with van der Waals surface area (Å²) in [6.07, 6.45) is 1.97. The Balaban J connectivity index is 1.76. The molecule has 0 aliphatic heterocycles. The van der Waals surface area contributed by atoms with Crippen LogP contribution in [0.5, 0.6) is 0 Å². The van der Waals surface area contributed by atoms with Crippen LogP contribution < -0.4 is 5.32 Å². The average molecular weight is 365 g/mol. The normalized spacial score (nSPS) is 13.5. The summed E-state index contributed by atoms with van der Waals surface area (Å²) in [5.41, 5.74) is 1.10. The van der Waals surface area contributed by atoms with E-state index in [0.717, 1.165) is 18.7 Å². The number of nitrogens with one attached hydrogen (secondary N) is 1. The smallest absolute Gasteiger partial charge is 0.321 e. The lowest BCUT2D eigenvalue weighted by molar-refractivity contribution is -0.137. The number of carboxylic acids is 1. The van der Waals surface area contributed by atoms with Crippen molar-refractivity contribution in [3.05, 3.63) is 29.0 Å². The van der Waals surface area contributed by atoms with E-state index in [1.807, 2.05) is 0 Å². The molecule has 2 N–H and O–H groups in total. The second kappa shape index (κ2) is 7.06. The fourth-order valence-electron chi connectivity index (χ4n) is 2.30. The van der Waals surface area contributed by atoms with Gasteiger partial charge in [-0.2, -0.15) is 4.68 Å². The topological polar surface area (TPSA) is 113 Å². The fraction of sp³-hybridized carbons (Fsp3) is 0.400. The summed E-state index contributed by atoms with van der Waals surface area (Å²) in [5.74, 6) is 0.134. The van der Waals surface area contributed by atoms with Gasteiger partial charge in [-0.25, -0.2) is 4.79 Å². The molecule has 1 fully saturated rings. The maximum absolute atomic E-state index is 12.1. The van der Waals surface area contributed by atoms with E-state index in [4.69, 9.17) is 16.7 Å². The van der Waals surface area contributed by atoms with Gasteiger partial charge < -0.3 is 15.3 Å². The van der Waals surface area contributed by atoms with Gasteiger partial charge in [-0.3, -0.25) is 4.79 Å². The molecule has 1 aliphatic rings. The van der Waals surface area contributed by atoms with E-state index in [2.05, 4.69) is 20.8 Å². The maximum Gasteiger partial charge on any atom is 0.321 e. The monoisotopic (exact) mass is 364 g/mol. The summed E-state index contributed by atoms with van der Waals surface area (Å²) < 4.78 is 1.59. The largest absolute Gasteiger partial charge is 0.481 e. The number of aromatic nitrogens is 4. The van der Waals surface area contributed by atoms with Crippen molar-refractivity contribution < 1.29 is 14.7 Å². The standard InChI is InChI=1S/C15H17ClN6O3/c1-21(7-6-13(23)24)15(25)17-10-4-5-11(16)12(8-10)22-14(9-2-3-9)18-19-20-22/h4-5,8-9H,2-3,6-7H2,1H3,(H,17,25)(H,23,24). The zero-order valence-corrected chi connectivity index (χ0v) is 14.3. The molecule has 0 radical (unpaired) electrons. The van der Waals surface area contributed by atoms with E-state index >= 15 is 0 Å². The molecule has 132 valence electrons. The zero-order chi connectivity index (χ0) is 18.0. The number of hydrogen-bond donors (Lipinski definition) is 2. The summed E-state index contributed by atoms with van der Waals surface area (Å²) in [4.78, 5) is 24.0. The van der Waals surface area contributed by atoms with E-state index in [9.17, 15) is 9.59 Å². The molecule has 0 spiro atoms. The van der Waals surface area contributed by atoms with Crippen molar-refractivity contribution in [3.63, 3.8) is 0 Å². The molecule has 1 aromatic heterocycles. The summed E-state index contributed by atoms with van der Waals surface area (Å²) >= 11 is 6.26. The molecule has 0 atom stereocenters. The van der Waals surface area contributed by atoms with E-state index in [1.165, 1.54) is 11.9 Å². The summed E-state index contributed by atoms with van der Waals surface area (Å²) in [6, 6.07) is 4.60. The molecule has 2 aromatic rings. The van der Waals surface area contributed by atoms with Gasteiger partial charge in [0.1, 0.15) is 0 Å².